The molecule has 0 aliphatic rings. The van der Waals surface area contributed by atoms with Crippen molar-refractivity contribution in [3.63, 3.8) is 0 Å². The molecule has 0 amide bonds. The summed E-state index contributed by atoms with van der Waals surface area (Å²) in [4.78, 5) is 10.7. The van der Waals surface area contributed by atoms with E-state index in [0.29, 0.717) is 6.61 Å². The number of carbonyl (C=O) groups is 1. The zero-order valence-electron chi connectivity index (χ0n) is 8.64. The second-order valence-electron chi connectivity index (χ2n) is 3.63. The summed E-state index contributed by atoms with van der Waals surface area (Å²) in [6, 6.07) is 9.22. The highest BCUT2D eigenvalue weighted by atomic mass is 16.5. The van der Waals surface area contributed by atoms with Crippen LogP contribution in [0.1, 0.15) is 13.3 Å². The van der Waals surface area contributed by atoms with Crippen molar-refractivity contribution < 1.29 is 14.6 Å². The third-order valence-electron chi connectivity index (χ3n) is 2.12. The Hall–Kier alpha value is -1.55. The molecule has 0 radical (unpaired) electrons. The van der Waals surface area contributed by atoms with Crippen molar-refractivity contribution in [2.24, 2.45) is 5.73 Å². The topological polar surface area (TPSA) is 72.5 Å². The summed E-state index contributed by atoms with van der Waals surface area (Å²) in [5, 5.41) is 8.76. The highest BCUT2D eigenvalue weighted by Crippen LogP contribution is 2.11. The Bertz CT molecular complexity index is 322. The van der Waals surface area contributed by atoms with Crippen LogP contribution >= 0.6 is 0 Å². The summed E-state index contributed by atoms with van der Waals surface area (Å²) < 4.78 is 5.35. The Kier molecular flexibility index (Phi) is 3.68. The molecular formula is C11H15NO3. The van der Waals surface area contributed by atoms with E-state index in [0.717, 1.165) is 5.75 Å². The maximum atomic E-state index is 10.7. The molecule has 0 saturated heterocycles. The molecular weight excluding hydrogens is 194 g/mol. The lowest BCUT2D eigenvalue weighted by molar-refractivity contribution is -0.143. The van der Waals surface area contributed by atoms with Crippen molar-refractivity contribution in [1.29, 1.82) is 0 Å². The number of ether oxygens (including phenoxy) is 1. The van der Waals surface area contributed by atoms with E-state index in [-0.39, 0.29) is 6.42 Å². The Morgan fingerprint density at radius 3 is 2.60 bits per heavy atom. The Balaban J connectivity index is 2.37. The molecule has 1 atom stereocenters. The lowest BCUT2D eigenvalue weighted by Crippen LogP contribution is -2.45. The van der Waals surface area contributed by atoms with E-state index in [9.17, 15) is 4.79 Å². The first kappa shape index (κ1) is 11.5. The number of nitrogens with two attached hydrogens (primary N) is 1. The Labute approximate surface area is 88.7 Å². The average Bonchev–Trinajstić information content (AvgIpc) is 2.19. The third-order valence-corrected chi connectivity index (χ3v) is 2.12. The van der Waals surface area contributed by atoms with E-state index >= 15 is 0 Å². The normalized spacial score (nSPS) is 14.3. The van der Waals surface area contributed by atoms with Gasteiger partial charge in [-0.1, -0.05) is 18.2 Å². The van der Waals surface area contributed by atoms with Gasteiger partial charge in [-0.3, -0.25) is 4.79 Å². The Morgan fingerprint density at radius 1 is 1.47 bits per heavy atom. The first-order valence-corrected chi connectivity index (χ1v) is 4.72. The van der Waals surface area contributed by atoms with Gasteiger partial charge in [-0.25, -0.2) is 0 Å². The molecule has 3 N–H and O–H groups in total. The molecule has 0 saturated carbocycles. The van der Waals surface area contributed by atoms with E-state index in [1.807, 2.05) is 30.3 Å². The van der Waals surface area contributed by atoms with Gasteiger partial charge < -0.3 is 15.6 Å². The largest absolute Gasteiger partial charge is 0.494 e. The maximum Gasteiger partial charge on any atom is 0.323 e. The lowest BCUT2D eigenvalue weighted by atomic mass is 10.0. The summed E-state index contributed by atoms with van der Waals surface area (Å²) in [6.45, 7) is 1.77. The zero-order chi connectivity index (χ0) is 11.3. The molecule has 0 bridgehead atoms. The van der Waals surface area contributed by atoms with Crippen LogP contribution in [0.4, 0.5) is 0 Å². The van der Waals surface area contributed by atoms with Crippen LogP contribution < -0.4 is 10.5 Å². The monoisotopic (exact) mass is 209 g/mol. The highest BCUT2D eigenvalue weighted by molar-refractivity contribution is 5.77. The fourth-order valence-corrected chi connectivity index (χ4v) is 1.00. The van der Waals surface area contributed by atoms with Gasteiger partial charge in [-0.2, -0.15) is 0 Å². The average molecular weight is 209 g/mol. The SMILES string of the molecule is C[C@@](N)(CCOc1ccccc1)C(=O)O. The zero-order valence-corrected chi connectivity index (χ0v) is 8.64. The van der Waals surface area contributed by atoms with Gasteiger partial charge in [0.15, 0.2) is 0 Å². The van der Waals surface area contributed by atoms with Crippen LogP contribution in [0.2, 0.25) is 0 Å². The number of benzene rings is 1. The number of rotatable bonds is 5. The second-order valence-corrected chi connectivity index (χ2v) is 3.63. The molecule has 1 aromatic rings. The van der Waals surface area contributed by atoms with E-state index in [1.54, 1.807) is 0 Å². The summed E-state index contributed by atoms with van der Waals surface area (Å²) in [5.74, 6) is -0.294. The van der Waals surface area contributed by atoms with Gasteiger partial charge in [0.05, 0.1) is 6.61 Å². The molecule has 4 nitrogen and oxygen atoms in total. The minimum absolute atomic E-state index is 0.275. The molecule has 0 unspecified atom stereocenters. The van der Waals surface area contributed by atoms with E-state index in [1.165, 1.54) is 6.92 Å². The van der Waals surface area contributed by atoms with E-state index in [2.05, 4.69) is 0 Å². The van der Waals surface area contributed by atoms with Gasteiger partial charge in [0.1, 0.15) is 11.3 Å². The van der Waals surface area contributed by atoms with Crippen LogP contribution in [-0.2, 0) is 4.79 Å². The van der Waals surface area contributed by atoms with E-state index in [4.69, 9.17) is 15.6 Å². The van der Waals surface area contributed by atoms with Crippen LogP contribution in [0.3, 0.4) is 0 Å². The number of carboxylic acids is 1. The number of carboxylic acid groups (broad SMARTS) is 1. The lowest BCUT2D eigenvalue weighted by Gasteiger charge is -2.18. The minimum atomic E-state index is -1.23. The van der Waals surface area contributed by atoms with Gasteiger partial charge >= 0.3 is 5.97 Å². The third kappa shape index (κ3) is 3.59. The number of hydrogen-bond acceptors (Lipinski definition) is 3. The van der Waals surface area contributed by atoms with Crippen LogP contribution in [0.15, 0.2) is 30.3 Å². The smallest absolute Gasteiger partial charge is 0.323 e. The van der Waals surface area contributed by atoms with Crippen LogP contribution in [0, 0.1) is 0 Å². The van der Waals surface area contributed by atoms with Crippen molar-refractivity contribution >= 4 is 5.97 Å². The van der Waals surface area contributed by atoms with Crippen molar-refractivity contribution in [1.82, 2.24) is 0 Å². The number of hydrogen-bond donors (Lipinski definition) is 2. The summed E-state index contributed by atoms with van der Waals surface area (Å²) in [7, 11) is 0. The summed E-state index contributed by atoms with van der Waals surface area (Å²) in [6.07, 6.45) is 0.275. The van der Waals surface area contributed by atoms with Gasteiger partial charge in [-0.15, -0.1) is 0 Å². The molecule has 1 rings (SSSR count). The first-order valence-electron chi connectivity index (χ1n) is 4.72. The van der Waals surface area contributed by atoms with Crippen molar-refractivity contribution in [3.8, 4) is 5.75 Å². The second kappa shape index (κ2) is 4.79. The van der Waals surface area contributed by atoms with Crippen molar-refractivity contribution in [2.75, 3.05) is 6.61 Å². The predicted molar refractivity (Wildman–Crippen MR) is 56.8 cm³/mol. The quantitative estimate of drug-likeness (QED) is 0.765. The van der Waals surface area contributed by atoms with Gasteiger partial charge in [0.2, 0.25) is 0 Å². The number of para-hydroxylation sites is 1. The molecule has 0 heterocycles. The van der Waals surface area contributed by atoms with Crippen LogP contribution in [-0.4, -0.2) is 23.2 Å². The summed E-state index contributed by atoms with van der Waals surface area (Å²) >= 11 is 0. The van der Waals surface area contributed by atoms with Crippen molar-refractivity contribution in [3.05, 3.63) is 30.3 Å². The molecule has 0 spiro atoms. The molecule has 0 aliphatic carbocycles. The summed E-state index contributed by atoms with van der Waals surface area (Å²) in [5.41, 5.74) is 4.32. The number of aliphatic carboxylic acids is 1. The fraction of sp³-hybridized carbons (Fsp3) is 0.364. The minimum Gasteiger partial charge on any atom is -0.494 e. The van der Waals surface area contributed by atoms with Gasteiger partial charge in [-0.05, 0) is 19.1 Å². The Morgan fingerprint density at radius 2 is 2.07 bits per heavy atom. The molecule has 0 aromatic heterocycles. The van der Waals surface area contributed by atoms with Crippen LogP contribution in [0.5, 0.6) is 5.75 Å². The molecule has 4 heteroatoms. The predicted octanol–water partition coefficient (Wildman–Crippen LogP) is 1.26. The first-order chi connectivity index (χ1) is 7.02. The molecule has 15 heavy (non-hydrogen) atoms. The molecule has 0 aliphatic heterocycles. The van der Waals surface area contributed by atoms with Gasteiger partial charge in [0, 0.05) is 6.42 Å². The molecule has 0 fully saturated rings. The fourth-order valence-electron chi connectivity index (χ4n) is 1.00. The standard InChI is InChI=1S/C11H15NO3/c1-11(12,10(13)14)7-8-15-9-5-3-2-4-6-9/h2-6H,7-8,12H2,1H3,(H,13,14)/t11-/m1/s1. The van der Waals surface area contributed by atoms with Crippen molar-refractivity contribution in [2.45, 2.75) is 18.9 Å². The highest BCUT2D eigenvalue weighted by Gasteiger charge is 2.27. The molecule has 82 valence electrons. The van der Waals surface area contributed by atoms with Gasteiger partial charge in [0.25, 0.3) is 0 Å². The maximum absolute atomic E-state index is 10.7. The van der Waals surface area contributed by atoms with Crippen LogP contribution in [0.25, 0.3) is 0 Å². The van der Waals surface area contributed by atoms with E-state index < -0.39 is 11.5 Å². The molecule has 1 aromatic carbocycles.